The van der Waals surface area contributed by atoms with Gasteiger partial charge in [-0.05, 0) is 39.2 Å². The van der Waals surface area contributed by atoms with Gasteiger partial charge >= 0.3 is 5.97 Å². The molecule has 0 heterocycles. The summed E-state index contributed by atoms with van der Waals surface area (Å²) in [5.74, 6) is 0.314. The Balaban J connectivity index is 3.77. The molecule has 0 saturated heterocycles. The molecule has 5 nitrogen and oxygen atoms in total. The Labute approximate surface area is 113 Å². The van der Waals surface area contributed by atoms with Gasteiger partial charge in [-0.15, -0.1) is 0 Å². The topological polar surface area (TPSA) is 81.4 Å². The zero-order chi connectivity index (χ0) is 14.2. The second-order valence-corrected chi connectivity index (χ2v) is 6.00. The minimum atomic E-state index is -0.504. The zero-order valence-electron chi connectivity index (χ0n) is 11.6. The standard InChI is InChI=1S/C12H24N2O3S/c1-12(2,3)17-10(15)5-7-14-11(16)9(13)6-8-18-4/h9H,5-8,13H2,1-4H3,(H,14,16)/t9-/m0/s1. The van der Waals surface area contributed by atoms with Crippen LogP contribution < -0.4 is 11.1 Å². The Morgan fingerprint density at radius 1 is 1.39 bits per heavy atom. The minimum Gasteiger partial charge on any atom is -0.460 e. The summed E-state index contributed by atoms with van der Waals surface area (Å²) >= 11 is 1.65. The van der Waals surface area contributed by atoms with Crippen LogP contribution in [0.3, 0.4) is 0 Å². The molecule has 0 aromatic rings. The lowest BCUT2D eigenvalue weighted by Crippen LogP contribution is -2.41. The number of thioether (sulfide) groups is 1. The van der Waals surface area contributed by atoms with E-state index in [4.69, 9.17) is 10.5 Å². The van der Waals surface area contributed by atoms with E-state index in [9.17, 15) is 9.59 Å². The second-order valence-electron chi connectivity index (χ2n) is 5.02. The molecular formula is C12H24N2O3S. The summed E-state index contributed by atoms with van der Waals surface area (Å²) in [6, 6.07) is -0.504. The van der Waals surface area contributed by atoms with Gasteiger partial charge in [-0.25, -0.2) is 0 Å². The third-order valence-corrected chi connectivity index (χ3v) is 2.66. The van der Waals surface area contributed by atoms with Crippen LogP contribution in [-0.2, 0) is 14.3 Å². The molecule has 0 aliphatic carbocycles. The highest BCUT2D eigenvalue weighted by Gasteiger charge is 2.17. The lowest BCUT2D eigenvalue weighted by Gasteiger charge is -2.19. The van der Waals surface area contributed by atoms with Crippen LogP contribution in [0.15, 0.2) is 0 Å². The van der Waals surface area contributed by atoms with Gasteiger partial charge in [0, 0.05) is 6.54 Å². The predicted octanol–water partition coefficient (Wildman–Crippen LogP) is 0.915. The first-order chi connectivity index (χ1) is 8.26. The molecular weight excluding hydrogens is 252 g/mol. The van der Waals surface area contributed by atoms with Crippen LogP contribution in [0.5, 0.6) is 0 Å². The van der Waals surface area contributed by atoms with Crippen molar-refractivity contribution >= 4 is 23.6 Å². The zero-order valence-corrected chi connectivity index (χ0v) is 12.4. The summed E-state index contributed by atoms with van der Waals surface area (Å²) < 4.78 is 5.12. The fourth-order valence-corrected chi connectivity index (χ4v) is 1.68. The van der Waals surface area contributed by atoms with E-state index in [0.29, 0.717) is 6.42 Å². The Morgan fingerprint density at radius 3 is 2.50 bits per heavy atom. The van der Waals surface area contributed by atoms with Crippen LogP contribution in [0.2, 0.25) is 0 Å². The predicted molar refractivity (Wildman–Crippen MR) is 74.4 cm³/mol. The van der Waals surface area contributed by atoms with E-state index in [1.54, 1.807) is 11.8 Å². The number of nitrogens with two attached hydrogens (primary N) is 1. The lowest BCUT2D eigenvalue weighted by atomic mass is 10.2. The molecule has 0 radical (unpaired) electrons. The molecule has 0 unspecified atom stereocenters. The molecule has 106 valence electrons. The first-order valence-electron chi connectivity index (χ1n) is 6.00. The van der Waals surface area contributed by atoms with Gasteiger partial charge in [0.05, 0.1) is 12.5 Å². The largest absolute Gasteiger partial charge is 0.460 e. The third kappa shape index (κ3) is 9.30. The van der Waals surface area contributed by atoms with Crippen molar-refractivity contribution in [3.8, 4) is 0 Å². The highest BCUT2D eigenvalue weighted by Crippen LogP contribution is 2.07. The monoisotopic (exact) mass is 276 g/mol. The van der Waals surface area contributed by atoms with Crippen molar-refractivity contribution in [3.05, 3.63) is 0 Å². The number of nitrogens with one attached hydrogen (secondary N) is 1. The van der Waals surface area contributed by atoms with Crippen LogP contribution in [-0.4, -0.2) is 42.1 Å². The summed E-state index contributed by atoms with van der Waals surface area (Å²) in [4.78, 5) is 22.9. The number of esters is 1. The van der Waals surface area contributed by atoms with Crippen molar-refractivity contribution in [2.24, 2.45) is 5.73 Å². The first-order valence-corrected chi connectivity index (χ1v) is 7.39. The maximum absolute atomic E-state index is 11.5. The average molecular weight is 276 g/mol. The van der Waals surface area contributed by atoms with E-state index in [2.05, 4.69) is 5.32 Å². The molecule has 0 aliphatic rings. The maximum atomic E-state index is 11.5. The van der Waals surface area contributed by atoms with Gasteiger partial charge in [0.2, 0.25) is 5.91 Å². The van der Waals surface area contributed by atoms with Crippen molar-refractivity contribution in [1.82, 2.24) is 5.32 Å². The Hall–Kier alpha value is -0.750. The molecule has 1 amide bonds. The van der Waals surface area contributed by atoms with Gasteiger partial charge in [0.25, 0.3) is 0 Å². The van der Waals surface area contributed by atoms with E-state index in [-0.39, 0.29) is 24.8 Å². The molecule has 0 fully saturated rings. The van der Waals surface area contributed by atoms with Gasteiger partial charge < -0.3 is 15.8 Å². The third-order valence-electron chi connectivity index (χ3n) is 2.02. The van der Waals surface area contributed by atoms with Crippen LogP contribution in [0.1, 0.15) is 33.6 Å². The number of ether oxygens (including phenoxy) is 1. The number of hydrogen-bond donors (Lipinski definition) is 2. The second kappa shape index (κ2) is 8.37. The summed E-state index contributed by atoms with van der Waals surface area (Å²) in [5, 5.41) is 2.63. The van der Waals surface area contributed by atoms with Crippen molar-refractivity contribution in [2.45, 2.75) is 45.3 Å². The van der Waals surface area contributed by atoms with Gasteiger partial charge in [0.1, 0.15) is 5.60 Å². The van der Waals surface area contributed by atoms with Crippen molar-refractivity contribution in [3.63, 3.8) is 0 Å². The van der Waals surface area contributed by atoms with Crippen molar-refractivity contribution in [1.29, 1.82) is 0 Å². The Kier molecular flexibility index (Phi) is 8.02. The highest BCUT2D eigenvalue weighted by molar-refractivity contribution is 7.98. The van der Waals surface area contributed by atoms with Gasteiger partial charge in [0.15, 0.2) is 0 Å². The Bertz CT molecular complexity index is 277. The fraction of sp³-hybridized carbons (Fsp3) is 0.833. The van der Waals surface area contributed by atoms with Gasteiger partial charge in [-0.2, -0.15) is 11.8 Å². The van der Waals surface area contributed by atoms with Crippen LogP contribution in [0.4, 0.5) is 0 Å². The van der Waals surface area contributed by atoms with Crippen molar-refractivity contribution < 1.29 is 14.3 Å². The summed E-state index contributed by atoms with van der Waals surface area (Å²) in [7, 11) is 0. The minimum absolute atomic E-state index is 0.165. The van der Waals surface area contributed by atoms with E-state index >= 15 is 0 Å². The average Bonchev–Trinajstić information content (AvgIpc) is 2.23. The smallest absolute Gasteiger partial charge is 0.308 e. The number of amides is 1. The lowest BCUT2D eigenvalue weighted by molar-refractivity contribution is -0.154. The fourth-order valence-electron chi connectivity index (χ4n) is 1.19. The number of rotatable bonds is 7. The molecule has 0 saturated carbocycles. The molecule has 0 rings (SSSR count). The van der Waals surface area contributed by atoms with Gasteiger partial charge in [-0.3, -0.25) is 9.59 Å². The Morgan fingerprint density at radius 2 is 2.00 bits per heavy atom. The quantitative estimate of drug-likeness (QED) is 0.676. The molecule has 3 N–H and O–H groups in total. The molecule has 0 aromatic carbocycles. The van der Waals surface area contributed by atoms with E-state index in [1.165, 1.54) is 0 Å². The van der Waals surface area contributed by atoms with E-state index in [0.717, 1.165) is 5.75 Å². The molecule has 6 heteroatoms. The number of carbonyl (C=O) groups is 2. The molecule has 1 atom stereocenters. The van der Waals surface area contributed by atoms with Crippen LogP contribution >= 0.6 is 11.8 Å². The van der Waals surface area contributed by atoms with Crippen LogP contribution in [0.25, 0.3) is 0 Å². The van der Waals surface area contributed by atoms with E-state index in [1.807, 2.05) is 27.0 Å². The maximum Gasteiger partial charge on any atom is 0.308 e. The number of carbonyl (C=O) groups excluding carboxylic acids is 2. The molecule has 0 aliphatic heterocycles. The summed E-state index contributed by atoms with van der Waals surface area (Å²) in [6.07, 6.45) is 2.77. The molecule has 0 bridgehead atoms. The SMILES string of the molecule is CSCC[C@H](N)C(=O)NCCC(=O)OC(C)(C)C. The normalized spacial score (nSPS) is 12.9. The molecule has 0 spiro atoms. The van der Waals surface area contributed by atoms with Gasteiger partial charge in [-0.1, -0.05) is 0 Å². The van der Waals surface area contributed by atoms with E-state index < -0.39 is 11.6 Å². The number of hydrogen-bond acceptors (Lipinski definition) is 5. The summed E-state index contributed by atoms with van der Waals surface area (Å²) in [5.41, 5.74) is 5.19. The molecule has 18 heavy (non-hydrogen) atoms. The van der Waals surface area contributed by atoms with Crippen molar-refractivity contribution in [2.75, 3.05) is 18.6 Å². The molecule has 0 aromatic heterocycles. The van der Waals surface area contributed by atoms with Crippen LogP contribution in [0, 0.1) is 0 Å². The highest BCUT2D eigenvalue weighted by atomic mass is 32.2. The summed E-state index contributed by atoms with van der Waals surface area (Å²) in [6.45, 7) is 5.69. The first kappa shape index (κ1) is 17.2.